The van der Waals surface area contributed by atoms with Gasteiger partial charge in [-0.25, -0.2) is 0 Å². The quantitative estimate of drug-likeness (QED) is 0.710. The van der Waals surface area contributed by atoms with Crippen LogP contribution in [0.3, 0.4) is 0 Å². The van der Waals surface area contributed by atoms with Crippen molar-refractivity contribution in [1.29, 1.82) is 0 Å². The van der Waals surface area contributed by atoms with Crippen molar-refractivity contribution in [2.75, 3.05) is 11.9 Å². The van der Waals surface area contributed by atoms with Gasteiger partial charge >= 0.3 is 0 Å². The average molecular weight is 347 g/mol. The monoisotopic (exact) mass is 347 g/mol. The smallest absolute Gasteiger partial charge is 0.226 e. The first kappa shape index (κ1) is 18.4. The molecule has 0 atom stereocenters. The van der Waals surface area contributed by atoms with Gasteiger partial charge in [-0.15, -0.1) is 10.2 Å². The summed E-state index contributed by atoms with van der Waals surface area (Å²) in [5, 5.41) is 12.3. The minimum atomic E-state index is -0.0554. The van der Waals surface area contributed by atoms with Crippen LogP contribution in [0.25, 0.3) is 0 Å². The highest BCUT2D eigenvalue weighted by molar-refractivity contribution is 7.15. The Morgan fingerprint density at radius 1 is 1.12 bits per heavy atom. The van der Waals surface area contributed by atoms with Crippen molar-refractivity contribution in [3.8, 4) is 5.75 Å². The number of amides is 1. The van der Waals surface area contributed by atoms with E-state index in [2.05, 4.69) is 55.3 Å². The predicted molar refractivity (Wildman–Crippen MR) is 97.9 cm³/mol. The molecule has 1 amide bonds. The zero-order chi connectivity index (χ0) is 17.5. The van der Waals surface area contributed by atoms with Crippen LogP contribution in [-0.4, -0.2) is 22.7 Å². The van der Waals surface area contributed by atoms with Crippen molar-refractivity contribution < 1.29 is 9.53 Å². The van der Waals surface area contributed by atoms with E-state index in [4.69, 9.17) is 4.74 Å². The lowest BCUT2D eigenvalue weighted by Crippen LogP contribution is -2.12. The molecule has 0 unspecified atom stereocenters. The van der Waals surface area contributed by atoms with Gasteiger partial charge in [0.25, 0.3) is 0 Å². The minimum absolute atomic E-state index is 0.0554. The number of ether oxygens (including phenoxy) is 1. The Kier molecular flexibility index (Phi) is 6.73. The Balaban J connectivity index is 1.68. The Bertz CT molecular complexity index is 651. The number of benzene rings is 1. The van der Waals surface area contributed by atoms with Crippen molar-refractivity contribution >= 4 is 22.4 Å². The summed E-state index contributed by atoms with van der Waals surface area (Å²) >= 11 is 1.42. The number of hydrogen-bond donors (Lipinski definition) is 1. The third kappa shape index (κ3) is 5.60. The predicted octanol–water partition coefficient (Wildman–Crippen LogP) is 4.58. The van der Waals surface area contributed by atoms with E-state index in [1.54, 1.807) is 0 Å². The average Bonchev–Trinajstić information content (AvgIpc) is 3.00. The normalized spacial score (nSPS) is 11.1. The molecular weight excluding hydrogens is 322 g/mol. The first-order valence-corrected chi connectivity index (χ1v) is 9.13. The summed E-state index contributed by atoms with van der Waals surface area (Å²) in [5.41, 5.74) is 1.29. The Morgan fingerprint density at radius 2 is 1.83 bits per heavy atom. The second-order valence-electron chi connectivity index (χ2n) is 6.32. The Labute approximate surface area is 147 Å². The first-order chi connectivity index (χ1) is 11.5. The molecule has 0 saturated carbocycles. The number of rotatable bonds is 8. The standard InChI is InChI=1S/C18H25N3O2S/c1-12(2)14-7-9-15(10-8-14)23-11-5-6-16(22)19-18-21-20-17(24-18)13(3)4/h7-10,12-13H,5-6,11H2,1-4H3,(H,19,21,22). The molecule has 2 rings (SSSR count). The van der Waals surface area contributed by atoms with E-state index in [1.807, 2.05) is 12.1 Å². The molecule has 0 aliphatic carbocycles. The highest BCUT2D eigenvalue weighted by Gasteiger charge is 2.10. The van der Waals surface area contributed by atoms with Gasteiger partial charge in [0.1, 0.15) is 10.8 Å². The fourth-order valence-electron chi connectivity index (χ4n) is 2.07. The summed E-state index contributed by atoms with van der Waals surface area (Å²) < 4.78 is 5.67. The van der Waals surface area contributed by atoms with Gasteiger partial charge < -0.3 is 10.1 Å². The van der Waals surface area contributed by atoms with Crippen LogP contribution >= 0.6 is 11.3 Å². The van der Waals surface area contributed by atoms with E-state index in [9.17, 15) is 4.79 Å². The van der Waals surface area contributed by atoms with Crippen LogP contribution < -0.4 is 10.1 Å². The maximum atomic E-state index is 11.9. The summed E-state index contributed by atoms with van der Waals surface area (Å²) in [7, 11) is 0. The minimum Gasteiger partial charge on any atom is -0.494 e. The molecule has 0 aliphatic rings. The molecule has 24 heavy (non-hydrogen) atoms. The first-order valence-electron chi connectivity index (χ1n) is 8.31. The van der Waals surface area contributed by atoms with Gasteiger partial charge in [-0.05, 0) is 30.0 Å². The Morgan fingerprint density at radius 3 is 2.42 bits per heavy atom. The fourth-order valence-corrected chi connectivity index (χ4v) is 2.83. The van der Waals surface area contributed by atoms with E-state index in [0.29, 0.717) is 36.4 Å². The van der Waals surface area contributed by atoms with Crippen LogP contribution in [0.4, 0.5) is 5.13 Å². The summed E-state index contributed by atoms with van der Waals surface area (Å²) in [6, 6.07) is 8.11. The molecule has 5 nitrogen and oxygen atoms in total. The molecule has 0 fully saturated rings. The topological polar surface area (TPSA) is 64.1 Å². The lowest BCUT2D eigenvalue weighted by atomic mass is 10.0. The van der Waals surface area contributed by atoms with Gasteiger partial charge in [-0.2, -0.15) is 0 Å². The molecule has 1 aromatic heterocycles. The van der Waals surface area contributed by atoms with Gasteiger partial charge in [0.2, 0.25) is 11.0 Å². The van der Waals surface area contributed by atoms with Crippen molar-refractivity contribution in [1.82, 2.24) is 10.2 Å². The Hall–Kier alpha value is -1.95. The third-order valence-electron chi connectivity index (χ3n) is 3.54. The highest BCUT2D eigenvalue weighted by Crippen LogP contribution is 2.22. The third-order valence-corrected chi connectivity index (χ3v) is 4.68. The molecule has 0 saturated heterocycles. The van der Waals surface area contributed by atoms with Crippen LogP contribution in [0, 0.1) is 0 Å². The summed E-state index contributed by atoms with van der Waals surface area (Å²) in [6.07, 6.45) is 1.06. The zero-order valence-corrected chi connectivity index (χ0v) is 15.5. The van der Waals surface area contributed by atoms with Gasteiger partial charge in [0.05, 0.1) is 6.61 Å². The van der Waals surface area contributed by atoms with Crippen LogP contribution in [-0.2, 0) is 4.79 Å². The van der Waals surface area contributed by atoms with Gasteiger partial charge in [0, 0.05) is 12.3 Å². The fraction of sp³-hybridized carbons (Fsp3) is 0.500. The largest absolute Gasteiger partial charge is 0.494 e. The molecule has 0 aliphatic heterocycles. The molecule has 0 spiro atoms. The van der Waals surface area contributed by atoms with Gasteiger partial charge in [0.15, 0.2) is 0 Å². The van der Waals surface area contributed by atoms with E-state index in [1.165, 1.54) is 16.9 Å². The number of hydrogen-bond acceptors (Lipinski definition) is 5. The van der Waals surface area contributed by atoms with Crippen LogP contribution in [0.15, 0.2) is 24.3 Å². The molecule has 1 N–H and O–H groups in total. The lowest BCUT2D eigenvalue weighted by Gasteiger charge is -2.08. The molecule has 2 aromatic rings. The van der Waals surface area contributed by atoms with Crippen molar-refractivity contribution in [3.63, 3.8) is 0 Å². The van der Waals surface area contributed by atoms with Crippen LogP contribution in [0.5, 0.6) is 5.75 Å². The van der Waals surface area contributed by atoms with E-state index < -0.39 is 0 Å². The van der Waals surface area contributed by atoms with Crippen molar-refractivity contribution in [3.05, 3.63) is 34.8 Å². The summed E-state index contributed by atoms with van der Waals surface area (Å²) in [6.45, 7) is 8.95. The van der Waals surface area contributed by atoms with E-state index >= 15 is 0 Å². The SMILES string of the molecule is CC(C)c1ccc(OCCCC(=O)Nc2nnc(C(C)C)s2)cc1. The maximum absolute atomic E-state index is 11.9. The molecular formula is C18H25N3O2S. The van der Waals surface area contributed by atoms with Crippen LogP contribution in [0.2, 0.25) is 0 Å². The van der Waals surface area contributed by atoms with E-state index in [0.717, 1.165) is 10.8 Å². The number of carbonyl (C=O) groups is 1. The van der Waals surface area contributed by atoms with Gasteiger partial charge in [-0.1, -0.05) is 51.2 Å². The zero-order valence-electron chi connectivity index (χ0n) is 14.7. The van der Waals surface area contributed by atoms with Gasteiger partial charge in [-0.3, -0.25) is 4.79 Å². The molecule has 0 bridgehead atoms. The summed E-state index contributed by atoms with van der Waals surface area (Å²) in [5.74, 6) is 1.62. The lowest BCUT2D eigenvalue weighted by molar-refractivity contribution is -0.116. The number of anilines is 1. The second-order valence-corrected chi connectivity index (χ2v) is 7.33. The van der Waals surface area contributed by atoms with Crippen LogP contribution in [0.1, 0.15) is 62.9 Å². The van der Waals surface area contributed by atoms with E-state index in [-0.39, 0.29) is 5.91 Å². The molecule has 1 heterocycles. The molecule has 0 radical (unpaired) electrons. The molecule has 1 aromatic carbocycles. The maximum Gasteiger partial charge on any atom is 0.226 e. The summed E-state index contributed by atoms with van der Waals surface area (Å²) in [4.78, 5) is 11.9. The van der Waals surface area contributed by atoms with Crippen molar-refractivity contribution in [2.24, 2.45) is 0 Å². The highest BCUT2D eigenvalue weighted by atomic mass is 32.1. The second kappa shape index (κ2) is 8.78. The number of aromatic nitrogens is 2. The number of nitrogens with one attached hydrogen (secondary N) is 1. The van der Waals surface area contributed by atoms with Crippen molar-refractivity contribution in [2.45, 2.75) is 52.4 Å². The number of nitrogens with zero attached hydrogens (tertiary/aromatic N) is 2. The number of carbonyl (C=O) groups excluding carboxylic acids is 1. The molecule has 130 valence electrons. The molecule has 6 heteroatoms.